The van der Waals surface area contributed by atoms with Gasteiger partial charge < -0.3 is 40.2 Å². The van der Waals surface area contributed by atoms with Gasteiger partial charge in [-0.15, -0.1) is 0 Å². The number of H-pyrrole nitrogens is 2. The molecular formula is C33H40N8O6. The summed E-state index contributed by atoms with van der Waals surface area (Å²) in [6, 6.07) is 6.06. The second-order valence-corrected chi connectivity index (χ2v) is 11.7. The molecule has 4 heterocycles. The van der Waals surface area contributed by atoms with Crippen molar-refractivity contribution >= 4 is 48.3 Å². The van der Waals surface area contributed by atoms with Crippen LogP contribution in [0.2, 0.25) is 0 Å². The van der Waals surface area contributed by atoms with Gasteiger partial charge in [0, 0.05) is 25.5 Å². The Labute approximate surface area is 272 Å². The number of hydrogen-bond acceptors (Lipinski definition) is 7. The molecule has 2 fully saturated rings. The van der Waals surface area contributed by atoms with E-state index in [9.17, 15) is 19.2 Å². The van der Waals surface area contributed by atoms with Crippen molar-refractivity contribution in [3.8, 4) is 0 Å². The molecule has 0 aliphatic carbocycles. The Hall–Kier alpha value is -5.40. The van der Waals surface area contributed by atoms with Crippen molar-refractivity contribution in [2.45, 2.75) is 63.7 Å². The third-order valence-corrected chi connectivity index (χ3v) is 8.37. The minimum atomic E-state index is -1.23. The number of amides is 4. The maximum Gasteiger partial charge on any atom is 0.407 e. The first kappa shape index (κ1) is 33.0. The fourth-order valence-corrected chi connectivity index (χ4v) is 5.97. The van der Waals surface area contributed by atoms with E-state index in [4.69, 9.17) is 10.1 Å². The molecule has 4 atom stereocenters. The molecule has 0 saturated carbocycles. The molecule has 248 valence electrons. The van der Waals surface area contributed by atoms with Crippen molar-refractivity contribution in [2.75, 3.05) is 20.2 Å². The molecule has 14 heteroatoms. The lowest BCUT2D eigenvalue weighted by molar-refractivity contribution is -0.134. The fourth-order valence-electron chi connectivity index (χ4n) is 5.97. The molecule has 0 unspecified atom stereocenters. The van der Waals surface area contributed by atoms with Crippen LogP contribution in [-0.2, 0) is 14.3 Å². The summed E-state index contributed by atoms with van der Waals surface area (Å²) in [4.78, 5) is 67.4. The number of nitrogens with zero attached hydrogens (tertiary/aromatic N) is 4. The number of aromatic nitrogens is 4. The molecule has 2 aromatic heterocycles. The van der Waals surface area contributed by atoms with Gasteiger partial charge in [-0.3, -0.25) is 9.59 Å². The van der Waals surface area contributed by atoms with Gasteiger partial charge in [-0.05, 0) is 62.8 Å². The second kappa shape index (κ2) is 14.8. The number of aromatic amines is 2. The van der Waals surface area contributed by atoms with Gasteiger partial charge in [-0.1, -0.05) is 36.4 Å². The second-order valence-electron chi connectivity index (χ2n) is 11.7. The number of likely N-dealkylation sites (tertiary alicyclic amines) is 2. The van der Waals surface area contributed by atoms with E-state index >= 15 is 0 Å². The summed E-state index contributed by atoms with van der Waals surface area (Å²) in [6.07, 6.45) is 12.7. The first-order valence-corrected chi connectivity index (χ1v) is 15.6. The van der Waals surface area contributed by atoms with Crippen LogP contribution in [0, 0.1) is 0 Å². The number of benzene rings is 1. The third-order valence-electron chi connectivity index (χ3n) is 8.37. The smallest absolute Gasteiger partial charge is 0.407 e. The number of rotatable bonds is 10. The van der Waals surface area contributed by atoms with Crippen LogP contribution in [0.4, 0.5) is 9.59 Å². The number of nitrogens with one attached hydrogen (secondary N) is 4. The minimum Gasteiger partial charge on any atom is -0.465 e. The third kappa shape index (κ3) is 8.07. The Kier molecular flexibility index (Phi) is 10.4. The maximum atomic E-state index is 12.9. The van der Waals surface area contributed by atoms with E-state index in [1.807, 2.05) is 54.8 Å². The van der Waals surface area contributed by atoms with E-state index in [2.05, 4.69) is 30.3 Å². The van der Waals surface area contributed by atoms with E-state index in [0.29, 0.717) is 24.7 Å². The van der Waals surface area contributed by atoms with E-state index in [1.165, 1.54) is 7.11 Å². The zero-order valence-electron chi connectivity index (χ0n) is 26.6. The number of alkyl carbamates (subject to hydrolysis) is 1. The molecule has 2 aliphatic rings. The first-order valence-electron chi connectivity index (χ1n) is 15.6. The number of carbonyl (C=O) groups is 4. The van der Waals surface area contributed by atoms with Gasteiger partial charge in [0.15, 0.2) is 0 Å². The van der Waals surface area contributed by atoms with Crippen molar-refractivity contribution < 1.29 is 29.0 Å². The SMILES string of the molecule is COC(=O)N[C@@H](C)C(=O)N1CCC[C@H]1c1nc(/C=C/c2ccc(/C=C/c3c[nH]c([C@@H]4CCCN4C(=O)[C@H](C)NC(=O)O)n3)cc2)c[nH]1. The number of imidazole rings is 2. The molecule has 3 aromatic rings. The van der Waals surface area contributed by atoms with E-state index in [-0.39, 0.29) is 23.9 Å². The largest absolute Gasteiger partial charge is 0.465 e. The monoisotopic (exact) mass is 644 g/mol. The van der Waals surface area contributed by atoms with Crippen molar-refractivity contribution in [3.05, 3.63) is 70.8 Å². The standard InChI is InChI=1S/C33H40N8O6/c1-20(36-32(44)45)30(42)40-16-4-6-26(40)28-34-18-24(38-28)14-12-22-8-10-23(11-9-22)13-15-25-19-35-29(39-25)27-7-5-17-41(27)31(43)21(2)37-33(46)47-3/h8-15,18-21,26-27,36H,4-7,16-17H2,1-3H3,(H,34,38)(H,35,39)(H,37,46)(H,44,45)/b14-12+,15-13+/t20-,21-,26-,27-/m0/s1. The predicted molar refractivity (Wildman–Crippen MR) is 174 cm³/mol. The van der Waals surface area contributed by atoms with Crippen LogP contribution in [0.3, 0.4) is 0 Å². The predicted octanol–water partition coefficient (Wildman–Crippen LogP) is 4.20. The number of carboxylic acid groups (broad SMARTS) is 1. The molecule has 2 saturated heterocycles. The molecule has 4 amide bonds. The van der Waals surface area contributed by atoms with Crippen LogP contribution in [0.5, 0.6) is 0 Å². The molecule has 0 radical (unpaired) electrons. The van der Waals surface area contributed by atoms with Gasteiger partial charge in [-0.2, -0.15) is 0 Å². The molecule has 5 rings (SSSR count). The summed E-state index contributed by atoms with van der Waals surface area (Å²) in [6.45, 7) is 4.34. The number of carbonyl (C=O) groups excluding carboxylic acids is 3. The van der Waals surface area contributed by atoms with Crippen LogP contribution in [0.25, 0.3) is 24.3 Å². The van der Waals surface area contributed by atoms with Crippen LogP contribution in [0.1, 0.15) is 85.8 Å². The quantitative estimate of drug-likeness (QED) is 0.217. The molecular weight excluding hydrogens is 604 g/mol. The van der Waals surface area contributed by atoms with E-state index in [1.54, 1.807) is 29.8 Å². The Bertz CT molecular complexity index is 1640. The molecule has 0 bridgehead atoms. The molecule has 14 nitrogen and oxygen atoms in total. The van der Waals surface area contributed by atoms with Gasteiger partial charge >= 0.3 is 12.2 Å². The molecule has 0 spiro atoms. The van der Waals surface area contributed by atoms with Gasteiger partial charge in [0.2, 0.25) is 11.8 Å². The topological polar surface area (TPSA) is 186 Å². The Morgan fingerprint density at radius 3 is 1.68 bits per heavy atom. The summed E-state index contributed by atoms with van der Waals surface area (Å²) < 4.78 is 4.61. The fraction of sp³-hybridized carbons (Fsp3) is 0.394. The summed E-state index contributed by atoms with van der Waals surface area (Å²) in [5, 5.41) is 13.7. The van der Waals surface area contributed by atoms with Crippen LogP contribution < -0.4 is 10.6 Å². The van der Waals surface area contributed by atoms with Crippen molar-refractivity contribution in [2.24, 2.45) is 0 Å². The zero-order chi connectivity index (χ0) is 33.5. The summed E-state index contributed by atoms with van der Waals surface area (Å²) >= 11 is 0. The van der Waals surface area contributed by atoms with Crippen LogP contribution >= 0.6 is 0 Å². The average molecular weight is 645 g/mol. The van der Waals surface area contributed by atoms with Gasteiger partial charge in [0.1, 0.15) is 23.7 Å². The average Bonchev–Trinajstić information content (AvgIpc) is 3.88. The lowest BCUT2D eigenvalue weighted by atomic mass is 10.1. The molecule has 47 heavy (non-hydrogen) atoms. The first-order chi connectivity index (χ1) is 22.6. The number of methoxy groups -OCH3 is 1. The van der Waals surface area contributed by atoms with Crippen LogP contribution in [-0.4, -0.2) is 91.1 Å². The molecule has 5 N–H and O–H groups in total. The lowest BCUT2D eigenvalue weighted by Crippen LogP contribution is -2.46. The van der Waals surface area contributed by atoms with E-state index < -0.39 is 24.3 Å². The Morgan fingerprint density at radius 2 is 1.26 bits per heavy atom. The normalized spacial score (nSPS) is 19.3. The molecule has 1 aromatic carbocycles. The minimum absolute atomic E-state index is 0.178. The highest BCUT2D eigenvalue weighted by Crippen LogP contribution is 2.32. The lowest BCUT2D eigenvalue weighted by Gasteiger charge is -2.26. The number of hydrogen-bond donors (Lipinski definition) is 5. The van der Waals surface area contributed by atoms with Gasteiger partial charge in [-0.25, -0.2) is 19.6 Å². The summed E-state index contributed by atoms with van der Waals surface area (Å²) in [7, 11) is 1.26. The summed E-state index contributed by atoms with van der Waals surface area (Å²) in [5.41, 5.74) is 3.45. The zero-order valence-corrected chi connectivity index (χ0v) is 26.6. The van der Waals surface area contributed by atoms with Crippen LogP contribution in [0.15, 0.2) is 36.7 Å². The maximum absolute atomic E-state index is 12.9. The number of ether oxygens (including phenoxy) is 1. The summed E-state index contributed by atoms with van der Waals surface area (Å²) in [5.74, 6) is 0.943. The van der Waals surface area contributed by atoms with Gasteiger partial charge in [0.25, 0.3) is 0 Å². The highest BCUT2D eigenvalue weighted by molar-refractivity contribution is 5.86. The molecule has 2 aliphatic heterocycles. The Balaban J connectivity index is 1.16. The van der Waals surface area contributed by atoms with Crippen molar-refractivity contribution in [1.82, 2.24) is 40.4 Å². The van der Waals surface area contributed by atoms with E-state index in [0.717, 1.165) is 48.2 Å². The Morgan fingerprint density at radius 1 is 0.809 bits per heavy atom. The van der Waals surface area contributed by atoms with Crippen molar-refractivity contribution in [1.29, 1.82) is 0 Å². The van der Waals surface area contributed by atoms with Crippen molar-refractivity contribution in [3.63, 3.8) is 0 Å². The highest BCUT2D eigenvalue weighted by atomic mass is 16.5. The highest BCUT2D eigenvalue weighted by Gasteiger charge is 2.35. The van der Waals surface area contributed by atoms with Gasteiger partial charge in [0.05, 0.1) is 30.6 Å².